The Morgan fingerprint density at radius 1 is 0.960 bits per heavy atom. The molecule has 0 unspecified atom stereocenters. The Bertz CT molecular complexity index is 720. The van der Waals surface area contributed by atoms with Gasteiger partial charge in [-0.05, 0) is 42.7 Å². The van der Waals surface area contributed by atoms with Crippen molar-refractivity contribution in [3.63, 3.8) is 0 Å². The highest BCUT2D eigenvalue weighted by Crippen LogP contribution is 2.37. The summed E-state index contributed by atoms with van der Waals surface area (Å²) in [5, 5.41) is 0. The first-order chi connectivity index (χ1) is 12.2. The van der Waals surface area contributed by atoms with Crippen molar-refractivity contribution < 1.29 is 19.0 Å². The van der Waals surface area contributed by atoms with Crippen molar-refractivity contribution >= 4 is 5.91 Å². The molecule has 132 valence electrons. The maximum atomic E-state index is 13.3. The third kappa shape index (κ3) is 3.27. The fraction of sp³-hybridized carbons (Fsp3) is 0.350. The zero-order valence-corrected chi connectivity index (χ0v) is 14.8. The van der Waals surface area contributed by atoms with Crippen LogP contribution in [0.2, 0.25) is 0 Å². The van der Waals surface area contributed by atoms with Gasteiger partial charge in [0.2, 0.25) is 0 Å². The van der Waals surface area contributed by atoms with E-state index in [0.29, 0.717) is 17.1 Å². The summed E-state index contributed by atoms with van der Waals surface area (Å²) >= 11 is 0. The first kappa shape index (κ1) is 17.1. The van der Waals surface area contributed by atoms with E-state index in [4.69, 9.17) is 14.2 Å². The summed E-state index contributed by atoms with van der Waals surface area (Å²) in [6, 6.07) is 13.3. The van der Waals surface area contributed by atoms with Crippen molar-refractivity contribution in [2.24, 2.45) is 0 Å². The largest absolute Gasteiger partial charge is 0.497 e. The maximum Gasteiger partial charge on any atom is 0.261 e. The average molecular weight is 341 g/mol. The standard InChI is InChI=1S/C20H23NO4/c1-23-15-11-9-14(10-12-15)16-6-5-13-21(16)20(22)19-17(24-2)7-4-8-18(19)25-3/h4,7-12,16H,5-6,13H2,1-3H3/t16-/m1/s1. The number of nitrogens with zero attached hydrogens (tertiary/aromatic N) is 1. The molecule has 1 atom stereocenters. The number of carbonyl (C=O) groups is 1. The molecule has 2 aromatic rings. The topological polar surface area (TPSA) is 48.0 Å². The zero-order chi connectivity index (χ0) is 17.8. The molecule has 0 N–H and O–H groups in total. The Balaban J connectivity index is 1.93. The molecule has 0 aromatic heterocycles. The van der Waals surface area contributed by atoms with Crippen molar-refractivity contribution in [2.75, 3.05) is 27.9 Å². The van der Waals surface area contributed by atoms with E-state index in [-0.39, 0.29) is 11.9 Å². The fourth-order valence-electron chi connectivity index (χ4n) is 3.39. The van der Waals surface area contributed by atoms with Gasteiger partial charge in [-0.3, -0.25) is 4.79 Å². The zero-order valence-electron chi connectivity index (χ0n) is 14.8. The van der Waals surface area contributed by atoms with E-state index >= 15 is 0 Å². The summed E-state index contributed by atoms with van der Waals surface area (Å²) < 4.78 is 16.0. The number of carbonyl (C=O) groups excluding carboxylic acids is 1. The lowest BCUT2D eigenvalue weighted by molar-refractivity contribution is 0.0728. The molecule has 3 rings (SSSR count). The van der Waals surface area contributed by atoms with Crippen LogP contribution in [0.1, 0.15) is 34.8 Å². The van der Waals surface area contributed by atoms with Crippen LogP contribution in [0.5, 0.6) is 17.2 Å². The van der Waals surface area contributed by atoms with E-state index in [0.717, 1.165) is 30.7 Å². The minimum atomic E-state index is -0.0624. The molecule has 0 bridgehead atoms. The van der Waals surface area contributed by atoms with Crippen LogP contribution >= 0.6 is 0 Å². The second-order valence-corrected chi connectivity index (χ2v) is 5.97. The number of rotatable bonds is 5. The molecule has 0 saturated carbocycles. The van der Waals surface area contributed by atoms with Crippen LogP contribution in [-0.4, -0.2) is 38.7 Å². The molecule has 25 heavy (non-hydrogen) atoms. The van der Waals surface area contributed by atoms with E-state index in [1.54, 1.807) is 33.5 Å². The van der Waals surface area contributed by atoms with E-state index in [1.165, 1.54) is 0 Å². The van der Waals surface area contributed by atoms with E-state index < -0.39 is 0 Å². The maximum absolute atomic E-state index is 13.3. The summed E-state index contributed by atoms with van der Waals surface area (Å²) in [6.45, 7) is 0.719. The Morgan fingerprint density at radius 2 is 1.60 bits per heavy atom. The Kier molecular flexibility index (Phi) is 5.12. The fourth-order valence-corrected chi connectivity index (χ4v) is 3.39. The first-order valence-corrected chi connectivity index (χ1v) is 8.35. The van der Waals surface area contributed by atoms with Crippen LogP contribution < -0.4 is 14.2 Å². The van der Waals surface area contributed by atoms with Gasteiger partial charge in [0, 0.05) is 6.54 Å². The summed E-state index contributed by atoms with van der Waals surface area (Å²) in [5.74, 6) is 1.81. The highest BCUT2D eigenvalue weighted by Gasteiger charge is 2.33. The third-order valence-electron chi connectivity index (χ3n) is 4.66. The van der Waals surface area contributed by atoms with Crippen LogP contribution in [0.25, 0.3) is 0 Å². The molecule has 5 nitrogen and oxygen atoms in total. The van der Waals surface area contributed by atoms with E-state index in [9.17, 15) is 4.79 Å². The highest BCUT2D eigenvalue weighted by atomic mass is 16.5. The molecule has 1 aliphatic rings. The van der Waals surface area contributed by atoms with Gasteiger partial charge in [-0.2, -0.15) is 0 Å². The van der Waals surface area contributed by atoms with Crippen molar-refractivity contribution in [3.8, 4) is 17.2 Å². The van der Waals surface area contributed by atoms with Crippen LogP contribution in [0.4, 0.5) is 0 Å². The lowest BCUT2D eigenvalue weighted by Crippen LogP contribution is -2.31. The van der Waals surface area contributed by atoms with Crippen molar-refractivity contribution in [1.82, 2.24) is 4.90 Å². The van der Waals surface area contributed by atoms with Gasteiger partial charge in [0.25, 0.3) is 5.91 Å². The Labute approximate surface area is 148 Å². The number of ether oxygens (including phenoxy) is 3. The first-order valence-electron chi connectivity index (χ1n) is 8.35. The van der Waals surface area contributed by atoms with Crippen molar-refractivity contribution in [2.45, 2.75) is 18.9 Å². The highest BCUT2D eigenvalue weighted by molar-refractivity contribution is 6.00. The monoisotopic (exact) mass is 341 g/mol. The van der Waals surface area contributed by atoms with Crippen molar-refractivity contribution in [1.29, 1.82) is 0 Å². The molecular formula is C20H23NO4. The summed E-state index contributed by atoms with van der Waals surface area (Å²) in [6.07, 6.45) is 1.91. The minimum Gasteiger partial charge on any atom is -0.497 e. The van der Waals surface area contributed by atoms with Crippen LogP contribution in [0.3, 0.4) is 0 Å². The second-order valence-electron chi connectivity index (χ2n) is 5.97. The van der Waals surface area contributed by atoms with Crippen LogP contribution in [-0.2, 0) is 0 Å². The molecular weight excluding hydrogens is 318 g/mol. The quantitative estimate of drug-likeness (QED) is 0.832. The van der Waals surface area contributed by atoms with Gasteiger partial charge in [0.1, 0.15) is 22.8 Å². The summed E-state index contributed by atoms with van der Waals surface area (Å²) in [5.41, 5.74) is 1.59. The SMILES string of the molecule is COc1ccc([C@H]2CCCN2C(=O)c2c(OC)cccc2OC)cc1. The van der Waals surface area contributed by atoms with Gasteiger partial charge in [-0.1, -0.05) is 18.2 Å². The molecule has 1 amide bonds. The number of methoxy groups -OCH3 is 3. The molecule has 0 radical (unpaired) electrons. The number of hydrogen-bond donors (Lipinski definition) is 0. The van der Waals surface area contributed by atoms with Crippen molar-refractivity contribution in [3.05, 3.63) is 53.6 Å². The van der Waals surface area contributed by atoms with E-state index in [1.807, 2.05) is 35.2 Å². The molecule has 1 fully saturated rings. The minimum absolute atomic E-state index is 0.0491. The molecule has 1 saturated heterocycles. The third-order valence-corrected chi connectivity index (χ3v) is 4.66. The summed E-state index contributed by atoms with van der Waals surface area (Å²) in [7, 11) is 4.78. The lowest BCUT2D eigenvalue weighted by Gasteiger charge is -2.26. The number of hydrogen-bond acceptors (Lipinski definition) is 4. The van der Waals surface area contributed by atoms with Gasteiger partial charge in [0.05, 0.1) is 27.4 Å². The van der Waals surface area contributed by atoms with E-state index in [2.05, 4.69) is 0 Å². The number of amides is 1. The molecule has 1 aliphatic heterocycles. The van der Waals surface area contributed by atoms with Gasteiger partial charge in [-0.15, -0.1) is 0 Å². The Morgan fingerprint density at radius 3 is 2.16 bits per heavy atom. The molecule has 0 spiro atoms. The van der Waals surface area contributed by atoms with Gasteiger partial charge in [-0.25, -0.2) is 0 Å². The average Bonchev–Trinajstić information content (AvgIpc) is 3.16. The second kappa shape index (κ2) is 7.47. The molecule has 0 aliphatic carbocycles. The number of likely N-dealkylation sites (tertiary alicyclic amines) is 1. The van der Waals surface area contributed by atoms with Gasteiger partial charge in [0.15, 0.2) is 0 Å². The smallest absolute Gasteiger partial charge is 0.261 e. The normalized spacial score (nSPS) is 16.6. The summed E-state index contributed by atoms with van der Waals surface area (Å²) in [4.78, 5) is 15.2. The van der Waals surface area contributed by atoms with Gasteiger partial charge < -0.3 is 19.1 Å². The lowest BCUT2D eigenvalue weighted by atomic mass is 10.0. The number of benzene rings is 2. The predicted molar refractivity (Wildman–Crippen MR) is 95.6 cm³/mol. The molecule has 2 aromatic carbocycles. The predicted octanol–water partition coefficient (Wildman–Crippen LogP) is 3.69. The van der Waals surface area contributed by atoms with Crippen LogP contribution in [0, 0.1) is 0 Å². The Hall–Kier alpha value is -2.69. The van der Waals surface area contributed by atoms with Crippen LogP contribution in [0.15, 0.2) is 42.5 Å². The molecule has 5 heteroatoms. The molecule has 1 heterocycles. The van der Waals surface area contributed by atoms with Gasteiger partial charge >= 0.3 is 0 Å².